The van der Waals surface area contributed by atoms with Crippen molar-refractivity contribution in [3.8, 4) is 0 Å². The van der Waals surface area contributed by atoms with Crippen LogP contribution in [0.1, 0.15) is 6.92 Å². The van der Waals surface area contributed by atoms with Gasteiger partial charge in [-0.1, -0.05) is 0 Å². The normalized spacial score (nSPS) is 13.0. The molecule has 7 heteroatoms. The summed E-state index contributed by atoms with van der Waals surface area (Å²) in [6, 6.07) is 0. The van der Waals surface area contributed by atoms with Gasteiger partial charge in [-0.05, 0) is 0 Å². The minimum absolute atomic E-state index is 0.241. The Morgan fingerprint density at radius 3 is 1.25 bits per heavy atom. The Morgan fingerprint density at radius 1 is 0.917 bits per heavy atom. The first-order valence-corrected chi connectivity index (χ1v) is 2.57. The molecule has 0 aromatic carbocycles. The van der Waals surface area contributed by atoms with Crippen molar-refractivity contribution >= 4 is 0 Å². The Balaban J connectivity index is 5.13. The number of halogens is 7. The quantitative estimate of drug-likeness (QED) is 0.564. The summed E-state index contributed by atoms with van der Waals surface area (Å²) < 4.78 is 80.8. The van der Waals surface area contributed by atoms with Gasteiger partial charge in [-0.15, -0.1) is 0 Å². The molecule has 0 amide bonds. The summed E-state index contributed by atoms with van der Waals surface area (Å²) >= 11 is 0. The predicted molar refractivity (Wildman–Crippen MR) is 25.9 cm³/mol. The third-order valence-electron chi connectivity index (χ3n) is 0.911. The Kier molecular flexibility index (Phi) is 2.76. The average Bonchev–Trinajstić information content (AvgIpc) is 1.49. The van der Waals surface area contributed by atoms with Crippen molar-refractivity contribution in [1.29, 1.82) is 0 Å². The molecule has 0 spiro atoms. The van der Waals surface area contributed by atoms with Crippen LogP contribution in [0.5, 0.6) is 0 Å². The molecule has 0 radical (unpaired) electrons. The van der Waals surface area contributed by atoms with Gasteiger partial charge in [0.15, 0.2) is 5.57 Å². The van der Waals surface area contributed by atoms with E-state index in [0.29, 0.717) is 0 Å². The van der Waals surface area contributed by atoms with Gasteiger partial charge in [-0.3, -0.25) is 0 Å². The molecular weight excluding hydrogens is 193 g/mol. The van der Waals surface area contributed by atoms with E-state index in [1.165, 1.54) is 0 Å². The molecule has 0 aliphatic carbocycles. The summed E-state index contributed by atoms with van der Waals surface area (Å²) in [6.45, 7) is -0.241. The highest BCUT2D eigenvalue weighted by molar-refractivity contribution is 5.17. The summed E-state index contributed by atoms with van der Waals surface area (Å²) in [7, 11) is 0. The van der Waals surface area contributed by atoms with E-state index in [9.17, 15) is 30.7 Å². The molecular formula is C5H3F7. The van der Waals surface area contributed by atoms with Gasteiger partial charge in [-0.2, -0.15) is 22.0 Å². The van der Waals surface area contributed by atoms with E-state index in [0.717, 1.165) is 0 Å². The Hall–Kier alpha value is -0.750. The molecule has 0 aromatic rings. The summed E-state index contributed by atoms with van der Waals surface area (Å²) in [5.41, 5.74) is -3.09. The highest BCUT2D eigenvalue weighted by Crippen LogP contribution is 2.39. The molecule has 0 aromatic heterocycles. The van der Waals surface area contributed by atoms with Crippen LogP contribution in [0.25, 0.3) is 0 Å². The van der Waals surface area contributed by atoms with Gasteiger partial charge in [0.2, 0.25) is 0 Å². The van der Waals surface area contributed by atoms with Crippen LogP contribution < -0.4 is 0 Å². The topological polar surface area (TPSA) is 0 Å². The van der Waals surface area contributed by atoms with Crippen LogP contribution in [0.3, 0.4) is 0 Å². The fraction of sp³-hybridized carbons (Fsp3) is 0.600. The molecule has 0 saturated carbocycles. The van der Waals surface area contributed by atoms with Gasteiger partial charge in [-0.25, -0.2) is 8.78 Å². The fourth-order valence-corrected chi connectivity index (χ4v) is 0.522. The molecule has 72 valence electrons. The van der Waals surface area contributed by atoms with Crippen LogP contribution in [0.2, 0.25) is 0 Å². The van der Waals surface area contributed by atoms with Crippen LogP contribution in [-0.4, -0.2) is 12.1 Å². The largest absolute Gasteiger partial charge is 0.423 e. The number of allylic oxidation sites excluding steroid dienone is 1. The second kappa shape index (κ2) is 2.95. The zero-order valence-electron chi connectivity index (χ0n) is 5.65. The molecule has 0 heterocycles. The summed E-state index contributed by atoms with van der Waals surface area (Å²) in [5, 5.41) is 0. The van der Waals surface area contributed by atoms with E-state index in [2.05, 4.69) is 0 Å². The lowest BCUT2D eigenvalue weighted by molar-refractivity contribution is -0.130. The first-order valence-electron chi connectivity index (χ1n) is 2.57. The fourth-order valence-electron chi connectivity index (χ4n) is 0.522. The van der Waals surface area contributed by atoms with Crippen LogP contribution in [-0.2, 0) is 0 Å². The molecule has 0 bridgehead atoms. The maximum atomic E-state index is 11.9. The number of hydrogen-bond acceptors (Lipinski definition) is 0. The minimum atomic E-state index is -5.70. The minimum Gasteiger partial charge on any atom is -0.201 e. The van der Waals surface area contributed by atoms with Gasteiger partial charge in [0.05, 0.1) is 0 Å². The highest BCUT2D eigenvalue weighted by atomic mass is 19.4. The number of rotatable bonds is 1. The Labute approximate surface area is 62.7 Å². The third-order valence-corrected chi connectivity index (χ3v) is 0.911. The van der Waals surface area contributed by atoms with Crippen LogP contribution in [0.15, 0.2) is 11.7 Å². The second-order valence-corrected chi connectivity index (χ2v) is 2.02. The lowest BCUT2D eigenvalue weighted by Gasteiger charge is -2.16. The first-order chi connectivity index (χ1) is 5.07. The van der Waals surface area contributed by atoms with Crippen molar-refractivity contribution in [3.63, 3.8) is 0 Å². The molecule has 0 saturated heterocycles. The summed E-state index contributed by atoms with van der Waals surface area (Å²) in [5.74, 6) is -4.57. The van der Waals surface area contributed by atoms with Crippen molar-refractivity contribution in [2.24, 2.45) is 0 Å². The van der Waals surface area contributed by atoms with Gasteiger partial charge in [0, 0.05) is 6.92 Å². The number of alkyl halides is 5. The van der Waals surface area contributed by atoms with Gasteiger partial charge in [0.25, 0.3) is 12.0 Å². The van der Waals surface area contributed by atoms with Gasteiger partial charge >= 0.3 is 6.18 Å². The van der Waals surface area contributed by atoms with E-state index in [4.69, 9.17) is 0 Å². The van der Waals surface area contributed by atoms with E-state index >= 15 is 0 Å². The van der Waals surface area contributed by atoms with Gasteiger partial charge in [0.1, 0.15) is 0 Å². The van der Waals surface area contributed by atoms with Crippen molar-refractivity contribution in [3.05, 3.63) is 11.7 Å². The molecule has 0 nitrogen and oxygen atoms in total. The van der Waals surface area contributed by atoms with E-state index in [-0.39, 0.29) is 6.92 Å². The lowest BCUT2D eigenvalue weighted by Crippen LogP contribution is -2.27. The zero-order chi connectivity index (χ0) is 10.2. The van der Waals surface area contributed by atoms with Crippen LogP contribution in [0.4, 0.5) is 30.7 Å². The Bertz CT molecular complexity index is 173. The molecule has 0 rings (SSSR count). The monoisotopic (exact) mass is 196 g/mol. The predicted octanol–water partition coefficient (Wildman–Crippen LogP) is 3.35. The maximum absolute atomic E-state index is 11.9. The highest BCUT2D eigenvalue weighted by Gasteiger charge is 2.50. The Morgan fingerprint density at radius 2 is 1.25 bits per heavy atom. The standard InChI is InChI=1S/C5H3F7/c1-4(8,9)2(3(6)7)5(10,11)12/h1H3. The smallest absolute Gasteiger partial charge is 0.201 e. The lowest BCUT2D eigenvalue weighted by atomic mass is 10.1. The van der Waals surface area contributed by atoms with E-state index < -0.39 is 23.8 Å². The molecule has 0 atom stereocenters. The third kappa shape index (κ3) is 2.71. The average molecular weight is 196 g/mol. The van der Waals surface area contributed by atoms with Crippen molar-refractivity contribution in [1.82, 2.24) is 0 Å². The maximum Gasteiger partial charge on any atom is 0.423 e. The SMILES string of the molecule is CC(F)(F)C(=C(F)F)C(F)(F)F. The molecule has 0 unspecified atom stereocenters. The van der Waals surface area contributed by atoms with E-state index in [1.54, 1.807) is 0 Å². The summed E-state index contributed by atoms with van der Waals surface area (Å²) in [6.07, 6.45) is -9.10. The molecule has 0 aliphatic rings. The molecule has 0 aliphatic heterocycles. The van der Waals surface area contributed by atoms with E-state index in [1.807, 2.05) is 0 Å². The second-order valence-electron chi connectivity index (χ2n) is 2.02. The molecule has 0 N–H and O–H groups in total. The number of hydrogen-bond donors (Lipinski definition) is 0. The van der Waals surface area contributed by atoms with Crippen molar-refractivity contribution < 1.29 is 30.7 Å². The molecule has 0 fully saturated rings. The van der Waals surface area contributed by atoms with Crippen LogP contribution in [0, 0.1) is 0 Å². The van der Waals surface area contributed by atoms with Crippen LogP contribution >= 0.6 is 0 Å². The molecule has 12 heavy (non-hydrogen) atoms. The van der Waals surface area contributed by atoms with Gasteiger partial charge < -0.3 is 0 Å². The first kappa shape index (κ1) is 11.2. The summed E-state index contributed by atoms with van der Waals surface area (Å²) in [4.78, 5) is 0. The van der Waals surface area contributed by atoms with Crippen molar-refractivity contribution in [2.75, 3.05) is 0 Å². The zero-order valence-corrected chi connectivity index (χ0v) is 5.65. The van der Waals surface area contributed by atoms with Crippen molar-refractivity contribution in [2.45, 2.75) is 19.0 Å².